The number of pyridine rings is 1. The lowest BCUT2D eigenvalue weighted by molar-refractivity contribution is 0.0668. The highest BCUT2D eigenvalue weighted by Crippen LogP contribution is 2.33. The molecule has 0 spiro atoms. The predicted molar refractivity (Wildman–Crippen MR) is 104 cm³/mol. The van der Waals surface area contributed by atoms with E-state index in [1.807, 2.05) is 12.1 Å². The van der Waals surface area contributed by atoms with Gasteiger partial charge in [0.05, 0.1) is 10.3 Å². The van der Waals surface area contributed by atoms with Crippen molar-refractivity contribution in [3.63, 3.8) is 0 Å². The fourth-order valence-corrected chi connectivity index (χ4v) is 4.15. The van der Waals surface area contributed by atoms with Crippen molar-refractivity contribution in [2.24, 2.45) is 0 Å². The van der Waals surface area contributed by atoms with Gasteiger partial charge in [0, 0.05) is 30.7 Å². The molecule has 1 aliphatic rings. The van der Waals surface area contributed by atoms with Crippen LogP contribution in [-0.4, -0.2) is 40.0 Å². The van der Waals surface area contributed by atoms with Crippen molar-refractivity contribution in [2.75, 3.05) is 13.1 Å². The first-order valence-corrected chi connectivity index (χ1v) is 9.83. The van der Waals surface area contributed by atoms with Gasteiger partial charge in [-0.3, -0.25) is 4.79 Å². The minimum atomic E-state index is -0.817. The zero-order valence-corrected chi connectivity index (χ0v) is 15.6. The normalized spacial score (nSPS) is 15.4. The van der Waals surface area contributed by atoms with Crippen LogP contribution in [0.15, 0.2) is 47.2 Å². The number of furan rings is 1. The maximum absolute atomic E-state index is 13.3. The molecule has 0 unspecified atom stereocenters. The Morgan fingerprint density at radius 2 is 2.14 bits per heavy atom. The molecule has 0 radical (unpaired) electrons. The van der Waals surface area contributed by atoms with Crippen LogP contribution in [0.5, 0.6) is 10.9 Å². The number of aromatic nitrogens is 2. The van der Waals surface area contributed by atoms with E-state index in [2.05, 4.69) is 9.97 Å². The molecule has 6 nitrogen and oxygen atoms in total. The molecule has 0 saturated carbocycles. The third kappa shape index (κ3) is 3.09. The number of ether oxygens (including phenoxy) is 1. The van der Waals surface area contributed by atoms with Gasteiger partial charge in [-0.2, -0.15) is 4.98 Å². The number of benzene rings is 1. The summed E-state index contributed by atoms with van der Waals surface area (Å²) in [5.74, 6) is 0.440. The Morgan fingerprint density at radius 1 is 1.29 bits per heavy atom. The van der Waals surface area contributed by atoms with Crippen LogP contribution in [0.4, 0.5) is 4.39 Å². The van der Waals surface area contributed by atoms with Crippen LogP contribution in [0.25, 0.3) is 21.3 Å². The Hall–Kier alpha value is -3.00. The van der Waals surface area contributed by atoms with Gasteiger partial charge in [0.15, 0.2) is 5.65 Å². The molecule has 0 aliphatic carbocycles. The molecule has 4 heterocycles. The van der Waals surface area contributed by atoms with E-state index in [1.165, 1.54) is 17.6 Å². The number of alkyl halides is 1. The molecular formula is C20H16FN3O3S. The van der Waals surface area contributed by atoms with E-state index < -0.39 is 6.17 Å². The van der Waals surface area contributed by atoms with Crippen LogP contribution in [0.3, 0.4) is 0 Å². The molecule has 8 heteroatoms. The van der Waals surface area contributed by atoms with Gasteiger partial charge in [0.25, 0.3) is 11.1 Å². The summed E-state index contributed by atoms with van der Waals surface area (Å²) in [5, 5.41) is 1.20. The Balaban J connectivity index is 1.39. The minimum absolute atomic E-state index is 0.128. The van der Waals surface area contributed by atoms with Crippen LogP contribution in [0.1, 0.15) is 23.2 Å². The van der Waals surface area contributed by atoms with E-state index in [-0.39, 0.29) is 5.91 Å². The average Bonchev–Trinajstić information content (AvgIpc) is 3.31. The summed E-state index contributed by atoms with van der Waals surface area (Å²) < 4.78 is 25.7. The largest absolute Gasteiger partial charge is 0.463 e. The zero-order valence-electron chi connectivity index (χ0n) is 14.8. The Kier molecular flexibility index (Phi) is 4.20. The highest BCUT2D eigenvalue weighted by Gasteiger charge is 2.25. The zero-order chi connectivity index (χ0) is 19.1. The molecule has 0 bridgehead atoms. The minimum Gasteiger partial charge on any atom is -0.463 e. The maximum Gasteiger partial charge on any atom is 0.281 e. The van der Waals surface area contributed by atoms with Gasteiger partial charge < -0.3 is 14.1 Å². The van der Waals surface area contributed by atoms with Crippen molar-refractivity contribution >= 4 is 38.6 Å². The molecule has 142 valence electrons. The SMILES string of the molecule is O=C(c1coc2cc(Oc3nc4ncccc4s3)ccc12)N1CCC(F)CC1. The molecule has 0 atom stereocenters. The van der Waals surface area contributed by atoms with E-state index in [4.69, 9.17) is 9.15 Å². The van der Waals surface area contributed by atoms with Crippen LogP contribution >= 0.6 is 11.3 Å². The number of hydrogen-bond donors (Lipinski definition) is 0. The standard InChI is InChI=1S/C20H16FN3O3S/c21-12-5-8-24(9-6-12)19(25)15-11-26-16-10-13(3-4-14(15)16)27-20-23-18-17(28-20)2-1-7-22-18/h1-4,7,10-12H,5-6,8-9H2. The topological polar surface area (TPSA) is 68.5 Å². The maximum atomic E-state index is 13.3. The Labute approximate surface area is 163 Å². The second kappa shape index (κ2) is 6.87. The van der Waals surface area contributed by atoms with E-state index in [0.717, 1.165) is 4.70 Å². The summed E-state index contributed by atoms with van der Waals surface area (Å²) >= 11 is 1.41. The number of rotatable bonds is 3. The summed E-state index contributed by atoms with van der Waals surface area (Å²) in [6.45, 7) is 0.860. The second-order valence-electron chi connectivity index (χ2n) is 6.68. The number of piperidine rings is 1. The second-order valence-corrected chi connectivity index (χ2v) is 7.67. The smallest absolute Gasteiger partial charge is 0.281 e. The molecule has 0 N–H and O–H groups in total. The first-order chi connectivity index (χ1) is 13.7. The van der Waals surface area contributed by atoms with Gasteiger partial charge in [-0.25, -0.2) is 9.37 Å². The lowest BCUT2D eigenvalue weighted by atomic mass is 10.1. The number of fused-ring (bicyclic) bond motifs is 2. The van der Waals surface area contributed by atoms with Crippen LogP contribution in [-0.2, 0) is 0 Å². The number of carbonyl (C=O) groups excluding carboxylic acids is 1. The number of thiazole rings is 1. The van der Waals surface area contributed by atoms with Crippen LogP contribution < -0.4 is 4.74 Å². The average molecular weight is 397 g/mol. The quantitative estimate of drug-likeness (QED) is 0.497. The first-order valence-electron chi connectivity index (χ1n) is 9.01. The summed E-state index contributed by atoms with van der Waals surface area (Å²) in [5.41, 5.74) is 1.69. The van der Waals surface area contributed by atoms with Crippen molar-refractivity contribution in [1.29, 1.82) is 0 Å². The predicted octanol–water partition coefficient (Wildman–Crippen LogP) is 4.80. The van der Waals surface area contributed by atoms with Gasteiger partial charge in [0.1, 0.15) is 23.8 Å². The monoisotopic (exact) mass is 397 g/mol. The summed E-state index contributed by atoms with van der Waals surface area (Å²) in [6.07, 6.45) is 3.10. The number of nitrogens with zero attached hydrogens (tertiary/aromatic N) is 3. The number of carbonyl (C=O) groups is 1. The molecule has 3 aromatic heterocycles. The van der Waals surface area contributed by atoms with E-state index in [0.29, 0.717) is 59.1 Å². The van der Waals surface area contributed by atoms with Crippen molar-refractivity contribution in [1.82, 2.24) is 14.9 Å². The van der Waals surface area contributed by atoms with Crippen molar-refractivity contribution in [3.05, 3.63) is 48.4 Å². The van der Waals surface area contributed by atoms with Gasteiger partial charge >= 0.3 is 0 Å². The Bertz CT molecular complexity index is 1130. The molecular weight excluding hydrogens is 381 g/mol. The van der Waals surface area contributed by atoms with Crippen molar-refractivity contribution in [2.45, 2.75) is 19.0 Å². The van der Waals surface area contributed by atoms with Gasteiger partial charge in [-0.15, -0.1) is 0 Å². The van der Waals surface area contributed by atoms with E-state index in [9.17, 15) is 9.18 Å². The molecule has 5 rings (SSSR count). The Morgan fingerprint density at radius 3 is 2.96 bits per heavy atom. The molecule has 1 amide bonds. The van der Waals surface area contributed by atoms with Crippen LogP contribution in [0.2, 0.25) is 0 Å². The van der Waals surface area contributed by atoms with Crippen molar-refractivity contribution in [3.8, 4) is 10.9 Å². The molecule has 28 heavy (non-hydrogen) atoms. The fourth-order valence-electron chi connectivity index (χ4n) is 3.35. The van der Waals surface area contributed by atoms with Gasteiger partial charge in [0.2, 0.25) is 0 Å². The van der Waals surface area contributed by atoms with Crippen LogP contribution in [0, 0.1) is 0 Å². The van der Waals surface area contributed by atoms with Gasteiger partial charge in [-0.05, 0) is 37.1 Å². The number of halogens is 1. The molecule has 1 fully saturated rings. The van der Waals surface area contributed by atoms with E-state index in [1.54, 1.807) is 29.3 Å². The number of amides is 1. The lowest BCUT2D eigenvalue weighted by Crippen LogP contribution is -2.38. The third-order valence-electron chi connectivity index (χ3n) is 4.84. The number of hydrogen-bond acceptors (Lipinski definition) is 6. The van der Waals surface area contributed by atoms with Gasteiger partial charge in [-0.1, -0.05) is 11.3 Å². The summed E-state index contributed by atoms with van der Waals surface area (Å²) in [6, 6.07) is 9.11. The fraction of sp³-hybridized carbons (Fsp3) is 0.250. The third-order valence-corrected chi connectivity index (χ3v) is 5.73. The molecule has 1 aromatic carbocycles. The highest BCUT2D eigenvalue weighted by molar-refractivity contribution is 7.20. The number of likely N-dealkylation sites (tertiary alicyclic amines) is 1. The summed E-state index contributed by atoms with van der Waals surface area (Å²) in [7, 11) is 0. The highest BCUT2D eigenvalue weighted by atomic mass is 32.1. The lowest BCUT2D eigenvalue weighted by Gasteiger charge is -2.28. The molecule has 1 saturated heterocycles. The van der Waals surface area contributed by atoms with E-state index >= 15 is 0 Å². The first kappa shape index (κ1) is 17.1. The summed E-state index contributed by atoms with van der Waals surface area (Å²) in [4.78, 5) is 23.0. The van der Waals surface area contributed by atoms with Crippen molar-refractivity contribution < 1.29 is 18.3 Å². The molecule has 4 aromatic rings. The molecule has 1 aliphatic heterocycles.